The maximum Gasteiger partial charge on any atom is 0.472 e. The summed E-state index contributed by atoms with van der Waals surface area (Å²) < 4.78 is 32.6. The molecule has 1 unspecified atom stereocenters. The van der Waals surface area contributed by atoms with E-state index in [0.717, 1.165) is 57.8 Å². The van der Waals surface area contributed by atoms with Crippen LogP contribution in [-0.4, -0.2) is 65.7 Å². The number of phosphoric acid groups is 1. The third-order valence-corrected chi connectivity index (χ3v) is 9.37. The molecule has 0 aromatic carbocycles. The Hall–Kier alpha value is -1.29. The predicted octanol–water partition coefficient (Wildman–Crippen LogP) is 9.67. The highest BCUT2D eigenvalue weighted by Gasteiger charge is 2.27. The zero-order valence-electron chi connectivity index (χ0n) is 31.2. The zero-order chi connectivity index (χ0) is 36.3. The fraction of sp³-hybridized carbons (Fsp3) is 0.895. The highest BCUT2D eigenvalue weighted by Crippen LogP contribution is 2.43. The molecule has 3 atom stereocenters. The molecule has 0 aliphatic rings. The van der Waals surface area contributed by atoms with Gasteiger partial charge in [-0.15, -0.1) is 0 Å². The lowest BCUT2D eigenvalue weighted by Crippen LogP contribution is -2.29. The molecular formula is C38H73O10P. The number of aliphatic hydroxyl groups is 2. The first-order valence-corrected chi connectivity index (χ1v) is 21.1. The Bertz CT molecular complexity index is 837. The average Bonchev–Trinajstić information content (AvgIpc) is 3.09. The maximum absolute atomic E-state index is 12.5. The van der Waals surface area contributed by atoms with E-state index in [9.17, 15) is 24.2 Å². The molecule has 0 spiro atoms. The quantitative estimate of drug-likeness (QED) is 0.0245. The number of unbranched alkanes of at least 4 members (excludes halogenated alkanes) is 21. The zero-order valence-corrected chi connectivity index (χ0v) is 32.1. The van der Waals surface area contributed by atoms with Crippen LogP contribution in [0, 0.1) is 0 Å². The number of allylic oxidation sites excluding steroid dienone is 2. The van der Waals surface area contributed by atoms with E-state index in [4.69, 9.17) is 19.1 Å². The van der Waals surface area contributed by atoms with Gasteiger partial charge in [-0.2, -0.15) is 0 Å². The van der Waals surface area contributed by atoms with Crippen LogP contribution >= 0.6 is 7.82 Å². The molecule has 0 aliphatic heterocycles. The van der Waals surface area contributed by atoms with E-state index in [1.165, 1.54) is 83.5 Å². The van der Waals surface area contributed by atoms with Gasteiger partial charge in [-0.05, 0) is 38.5 Å². The molecule has 0 aromatic rings. The third kappa shape index (κ3) is 34.9. The lowest BCUT2D eigenvalue weighted by Gasteiger charge is -2.20. The highest BCUT2D eigenvalue weighted by atomic mass is 31.2. The van der Waals surface area contributed by atoms with Gasteiger partial charge in [0.25, 0.3) is 0 Å². The standard InChI is InChI=1S/C38H73O10P/c1-3-5-7-9-11-13-15-17-19-21-23-25-27-29-37(41)45-33-36(34-47-49(43,44)46-32-35(40)31-39)48-38(42)30-28-26-24-22-20-18-16-14-12-10-8-6-4-2/h13,15,35-36,39-40H,3-12,14,16-34H2,1-2H3,(H,43,44)/b15-13-/t35-,36+/m0/s1. The van der Waals surface area contributed by atoms with Crippen molar-refractivity contribution in [3.63, 3.8) is 0 Å². The molecule has 0 aliphatic carbocycles. The molecule has 0 amide bonds. The fourth-order valence-electron chi connectivity index (χ4n) is 5.34. The van der Waals surface area contributed by atoms with Gasteiger partial charge >= 0.3 is 19.8 Å². The van der Waals surface area contributed by atoms with E-state index < -0.39 is 51.8 Å². The molecule has 0 saturated heterocycles. The van der Waals surface area contributed by atoms with Gasteiger partial charge in [-0.25, -0.2) is 4.57 Å². The number of carbonyl (C=O) groups excluding carboxylic acids is 2. The first-order chi connectivity index (χ1) is 23.7. The molecule has 0 aromatic heterocycles. The highest BCUT2D eigenvalue weighted by molar-refractivity contribution is 7.47. The molecule has 0 rings (SSSR count). The second kappa shape index (κ2) is 35.1. The Labute approximate surface area is 298 Å². The largest absolute Gasteiger partial charge is 0.472 e. The molecule has 0 saturated carbocycles. The average molecular weight is 721 g/mol. The summed E-state index contributed by atoms with van der Waals surface area (Å²) >= 11 is 0. The van der Waals surface area contributed by atoms with Gasteiger partial charge in [0.2, 0.25) is 0 Å². The maximum atomic E-state index is 12.5. The number of ether oxygens (including phenoxy) is 2. The summed E-state index contributed by atoms with van der Waals surface area (Å²) in [5, 5.41) is 18.3. The number of aliphatic hydroxyl groups excluding tert-OH is 2. The van der Waals surface area contributed by atoms with Crippen LogP contribution in [0.1, 0.15) is 181 Å². The minimum absolute atomic E-state index is 0.187. The normalized spacial score (nSPS) is 14.1. The minimum atomic E-state index is -4.61. The SMILES string of the molecule is CCCCCC/C=C\CCCCCCCC(=O)OC[C@H](COP(=O)(O)OC[C@@H](O)CO)OC(=O)CCCCCCCCCCCCCCC. The van der Waals surface area contributed by atoms with E-state index in [0.29, 0.717) is 12.8 Å². The summed E-state index contributed by atoms with van der Waals surface area (Å²) in [6.07, 6.45) is 30.3. The Morgan fingerprint density at radius 3 is 1.49 bits per heavy atom. The number of hydrogen-bond acceptors (Lipinski definition) is 9. The lowest BCUT2D eigenvalue weighted by molar-refractivity contribution is -0.161. The smallest absolute Gasteiger partial charge is 0.462 e. The van der Waals surface area contributed by atoms with Crippen molar-refractivity contribution >= 4 is 19.8 Å². The number of esters is 2. The van der Waals surface area contributed by atoms with Crippen LogP contribution in [0.25, 0.3) is 0 Å². The molecule has 49 heavy (non-hydrogen) atoms. The van der Waals surface area contributed by atoms with Crippen LogP contribution < -0.4 is 0 Å². The molecule has 290 valence electrons. The molecular weight excluding hydrogens is 647 g/mol. The van der Waals surface area contributed by atoms with E-state index in [1.807, 2.05) is 0 Å². The Morgan fingerprint density at radius 1 is 0.592 bits per heavy atom. The Balaban J connectivity index is 4.35. The molecule has 0 heterocycles. The second-order valence-corrected chi connectivity index (χ2v) is 14.8. The minimum Gasteiger partial charge on any atom is -0.462 e. The van der Waals surface area contributed by atoms with Gasteiger partial charge in [0.05, 0.1) is 19.8 Å². The van der Waals surface area contributed by atoms with Gasteiger partial charge in [-0.1, -0.05) is 142 Å². The van der Waals surface area contributed by atoms with Crippen LogP contribution in [0.3, 0.4) is 0 Å². The summed E-state index contributed by atoms with van der Waals surface area (Å²) in [6, 6.07) is 0. The van der Waals surface area contributed by atoms with Gasteiger partial charge in [0.1, 0.15) is 12.7 Å². The van der Waals surface area contributed by atoms with Crippen molar-refractivity contribution in [1.29, 1.82) is 0 Å². The molecule has 3 N–H and O–H groups in total. The predicted molar refractivity (Wildman–Crippen MR) is 196 cm³/mol. The van der Waals surface area contributed by atoms with Crippen molar-refractivity contribution in [3.8, 4) is 0 Å². The van der Waals surface area contributed by atoms with Crippen molar-refractivity contribution in [3.05, 3.63) is 12.2 Å². The van der Waals surface area contributed by atoms with Crippen LogP contribution in [0.2, 0.25) is 0 Å². The van der Waals surface area contributed by atoms with Gasteiger partial charge in [0, 0.05) is 12.8 Å². The van der Waals surface area contributed by atoms with Crippen molar-refractivity contribution in [2.75, 3.05) is 26.4 Å². The number of carbonyl (C=O) groups is 2. The van der Waals surface area contributed by atoms with Crippen LogP contribution in [-0.2, 0) is 32.7 Å². The third-order valence-electron chi connectivity index (χ3n) is 8.42. The monoisotopic (exact) mass is 720 g/mol. The van der Waals surface area contributed by atoms with E-state index >= 15 is 0 Å². The van der Waals surface area contributed by atoms with Gasteiger partial charge in [-0.3, -0.25) is 18.6 Å². The Kier molecular flexibility index (Phi) is 34.2. The molecule has 10 nitrogen and oxygen atoms in total. The van der Waals surface area contributed by atoms with E-state index in [-0.39, 0.29) is 19.4 Å². The fourth-order valence-corrected chi connectivity index (χ4v) is 6.13. The molecule has 0 bridgehead atoms. The van der Waals surface area contributed by atoms with Crippen LogP contribution in [0.15, 0.2) is 12.2 Å². The Morgan fingerprint density at radius 2 is 1.00 bits per heavy atom. The summed E-state index contributed by atoms with van der Waals surface area (Å²) in [7, 11) is -4.61. The summed E-state index contributed by atoms with van der Waals surface area (Å²) in [5.74, 6) is -0.929. The van der Waals surface area contributed by atoms with Crippen molar-refractivity contribution < 1.29 is 47.8 Å². The van der Waals surface area contributed by atoms with Crippen LogP contribution in [0.4, 0.5) is 0 Å². The number of phosphoric ester groups is 1. The molecule has 0 radical (unpaired) electrons. The van der Waals surface area contributed by atoms with Crippen molar-refractivity contribution in [2.45, 2.75) is 193 Å². The van der Waals surface area contributed by atoms with Crippen molar-refractivity contribution in [1.82, 2.24) is 0 Å². The first kappa shape index (κ1) is 47.7. The first-order valence-electron chi connectivity index (χ1n) is 19.6. The summed E-state index contributed by atoms with van der Waals surface area (Å²) in [4.78, 5) is 34.8. The second-order valence-electron chi connectivity index (χ2n) is 13.3. The summed E-state index contributed by atoms with van der Waals surface area (Å²) in [6.45, 7) is 2.35. The summed E-state index contributed by atoms with van der Waals surface area (Å²) in [5.41, 5.74) is 0. The van der Waals surface area contributed by atoms with E-state index in [1.54, 1.807) is 0 Å². The van der Waals surface area contributed by atoms with Gasteiger partial charge < -0.3 is 24.6 Å². The number of rotatable bonds is 37. The van der Waals surface area contributed by atoms with Crippen LogP contribution in [0.5, 0.6) is 0 Å². The lowest BCUT2D eigenvalue weighted by atomic mass is 10.0. The van der Waals surface area contributed by atoms with Gasteiger partial charge in [0.15, 0.2) is 6.10 Å². The van der Waals surface area contributed by atoms with E-state index in [2.05, 4.69) is 30.5 Å². The molecule has 11 heteroatoms. The topological polar surface area (TPSA) is 149 Å². The molecule has 0 fully saturated rings. The van der Waals surface area contributed by atoms with Crippen molar-refractivity contribution in [2.24, 2.45) is 0 Å². The number of hydrogen-bond donors (Lipinski definition) is 3.